The molecule has 0 spiro atoms. The Balaban J connectivity index is 2.27. The summed E-state index contributed by atoms with van der Waals surface area (Å²) >= 11 is 3.39. The van der Waals surface area contributed by atoms with E-state index in [9.17, 15) is 9.59 Å². The van der Waals surface area contributed by atoms with E-state index >= 15 is 0 Å². The molecule has 0 saturated heterocycles. The van der Waals surface area contributed by atoms with Crippen LogP contribution in [0, 0.1) is 0 Å². The van der Waals surface area contributed by atoms with Gasteiger partial charge in [0.2, 0.25) is 0 Å². The first-order chi connectivity index (χ1) is 9.88. The van der Waals surface area contributed by atoms with E-state index in [1.165, 1.54) is 0 Å². The number of benzene rings is 1. The lowest BCUT2D eigenvalue weighted by Crippen LogP contribution is -2.38. The second-order valence-corrected chi connectivity index (χ2v) is 6.07. The van der Waals surface area contributed by atoms with Crippen molar-refractivity contribution in [2.45, 2.75) is 26.3 Å². The fourth-order valence-corrected chi connectivity index (χ4v) is 2.54. The monoisotopic (exact) mass is 352 g/mol. The molecule has 1 aromatic carbocycles. The summed E-state index contributed by atoms with van der Waals surface area (Å²) in [5, 5.41) is 9.74. The lowest BCUT2D eigenvalue weighted by atomic mass is 10.2. The normalized spacial score (nSPS) is 11.0. The van der Waals surface area contributed by atoms with Gasteiger partial charge in [-0.05, 0) is 32.0 Å². The van der Waals surface area contributed by atoms with E-state index in [-0.39, 0.29) is 24.9 Å². The van der Waals surface area contributed by atoms with Crippen molar-refractivity contribution in [2.24, 2.45) is 0 Å². The highest BCUT2D eigenvalue weighted by Gasteiger charge is 2.21. The van der Waals surface area contributed by atoms with Crippen molar-refractivity contribution in [3.8, 4) is 0 Å². The van der Waals surface area contributed by atoms with Crippen LogP contribution in [0.2, 0.25) is 0 Å². The quantitative estimate of drug-likeness (QED) is 0.867. The Hall–Kier alpha value is -1.82. The fraction of sp³-hybridized carbons (Fsp3) is 0.333. The highest BCUT2D eigenvalue weighted by Crippen LogP contribution is 2.21. The van der Waals surface area contributed by atoms with Gasteiger partial charge in [0.25, 0.3) is 5.91 Å². The van der Waals surface area contributed by atoms with Crippen molar-refractivity contribution in [1.82, 2.24) is 9.88 Å². The van der Waals surface area contributed by atoms with Gasteiger partial charge in [-0.3, -0.25) is 9.59 Å². The molecule has 112 valence electrons. The molecule has 0 saturated carbocycles. The van der Waals surface area contributed by atoms with E-state index < -0.39 is 5.97 Å². The number of halogens is 1. The zero-order valence-electron chi connectivity index (χ0n) is 11.9. The molecule has 1 heterocycles. The molecule has 2 rings (SSSR count). The lowest BCUT2D eigenvalue weighted by Gasteiger charge is -2.25. The van der Waals surface area contributed by atoms with Crippen molar-refractivity contribution >= 4 is 38.7 Å². The predicted octanol–water partition coefficient (Wildman–Crippen LogP) is 3.26. The van der Waals surface area contributed by atoms with Crippen LogP contribution in [0.3, 0.4) is 0 Å². The molecule has 0 aliphatic rings. The molecule has 5 nitrogen and oxygen atoms in total. The third-order valence-electron chi connectivity index (χ3n) is 3.27. The topological polar surface area (TPSA) is 73.4 Å². The van der Waals surface area contributed by atoms with Gasteiger partial charge in [0.1, 0.15) is 5.69 Å². The van der Waals surface area contributed by atoms with Crippen LogP contribution in [0.15, 0.2) is 28.7 Å². The maximum atomic E-state index is 12.5. The molecule has 0 bridgehead atoms. The highest BCUT2D eigenvalue weighted by molar-refractivity contribution is 9.10. The van der Waals surface area contributed by atoms with Gasteiger partial charge in [0.15, 0.2) is 0 Å². The first-order valence-corrected chi connectivity index (χ1v) is 7.49. The Morgan fingerprint density at radius 3 is 2.67 bits per heavy atom. The maximum absolute atomic E-state index is 12.5. The number of aromatic nitrogens is 1. The molecule has 1 aromatic heterocycles. The molecule has 0 fully saturated rings. The summed E-state index contributed by atoms with van der Waals surface area (Å²) in [6, 6.07) is 7.47. The molecule has 6 heteroatoms. The van der Waals surface area contributed by atoms with Crippen LogP contribution in [0.4, 0.5) is 0 Å². The number of carboxylic acids is 1. The molecular weight excluding hydrogens is 336 g/mol. The Kier molecular flexibility index (Phi) is 4.67. The summed E-state index contributed by atoms with van der Waals surface area (Å²) < 4.78 is 0.933. The number of aliphatic carboxylic acids is 1. The van der Waals surface area contributed by atoms with Crippen molar-refractivity contribution in [1.29, 1.82) is 0 Å². The molecule has 0 radical (unpaired) electrons. The van der Waals surface area contributed by atoms with Gasteiger partial charge >= 0.3 is 5.97 Å². The molecule has 0 unspecified atom stereocenters. The van der Waals surface area contributed by atoms with Crippen LogP contribution >= 0.6 is 15.9 Å². The van der Waals surface area contributed by atoms with Crippen LogP contribution in [-0.2, 0) is 4.79 Å². The van der Waals surface area contributed by atoms with E-state index in [1.54, 1.807) is 11.0 Å². The van der Waals surface area contributed by atoms with Crippen LogP contribution in [-0.4, -0.2) is 39.5 Å². The minimum atomic E-state index is -0.908. The molecule has 2 aromatic rings. The van der Waals surface area contributed by atoms with E-state index in [1.807, 2.05) is 32.0 Å². The van der Waals surface area contributed by atoms with Crippen LogP contribution in [0.5, 0.6) is 0 Å². The van der Waals surface area contributed by atoms with Gasteiger partial charge in [0.05, 0.1) is 6.42 Å². The van der Waals surface area contributed by atoms with E-state index in [0.717, 1.165) is 15.4 Å². The van der Waals surface area contributed by atoms with Gasteiger partial charge in [-0.25, -0.2) is 0 Å². The number of H-pyrrole nitrogens is 1. The van der Waals surface area contributed by atoms with Gasteiger partial charge in [-0.1, -0.05) is 22.0 Å². The average molecular weight is 353 g/mol. The first kappa shape index (κ1) is 15.6. The summed E-state index contributed by atoms with van der Waals surface area (Å²) in [5.74, 6) is -1.09. The molecule has 0 aliphatic heterocycles. The first-order valence-electron chi connectivity index (χ1n) is 6.69. The second-order valence-electron chi connectivity index (χ2n) is 5.15. The summed E-state index contributed by atoms with van der Waals surface area (Å²) in [7, 11) is 0. The molecular formula is C15H17BrN2O3. The third-order valence-corrected chi connectivity index (χ3v) is 3.76. The minimum absolute atomic E-state index is 0.0598. The fourth-order valence-electron chi connectivity index (χ4n) is 2.18. The number of hydrogen-bond donors (Lipinski definition) is 2. The predicted molar refractivity (Wildman–Crippen MR) is 84.4 cm³/mol. The number of carboxylic acid groups (broad SMARTS) is 1. The number of fused-ring (bicyclic) bond motifs is 1. The summed E-state index contributed by atoms with van der Waals surface area (Å²) in [4.78, 5) is 27.9. The van der Waals surface area contributed by atoms with Crippen molar-refractivity contribution in [2.75, 3.05) is 6.54 Å². The Morgan fingerprint density at radius 1 is 1.33 bits per heavy atom. The molecule has 1 amide bonds. The maximum Gasteiger partial charge on any atom is 0.305 e. The highest BCUT2D eigenvalue weighted by atomic mass is 79.9. The zero-order valence-corrected chi connectivity index (χ0v) is 13.5. The van der Waals surface area contributed by atoms with E-state index in [2.05, 4.69) is 20.9 Å². The molecule has 0 aliphatic carbocycles. The van der Waals surface area contributed by atoms with Gasteiger partial charge < -0.3 is 15.0 Å². The number of carbonyl (C=O) groups excluding carboxylic acids is 1. The van der Waals surface area contributed by atoms with E-state index in [4.69, 9.17) is 5.11 Å². The number of amides is 1. The number of aromatic amines is 1. The van der Waals surface area contributed by atoms with Crippen LogP contribution in [0.1, 0.15) is 30.8 Å². The SMILES string of the molecule is CC(C)N(CCC(=O)O)C(=O)c1cc2ccc(Br)cc2[nH]1. The third kappa shape index (κ3) is 3.64. The standard InChI is InChI=1S/C15H17BrN2O3/c1-9(2)18(6-5-14(19)20)15(21)13-7-10-3-4-11(16)8-12(10)17-13/h3-4,7-9,17H,5-6H2,1-2H3,(H,19,20). The molecule has 2 N–H and O–H groups in total. The lowest BCUT2D eigenvalue weighted by molar-refractivity contribution is -0.137. The number of carbonyl (C=O) groups is 2. The van der Waals surface area contributed by atoms with Crippen molar-refractivity contribution in [3.63, 3.8) is 0 Å². The Labute approximate surface area is 131 Å². The van der Waals surface area contributed by atoms with Gasteiger partial charge in [-0.15, -0.1) is 0 Å². The summed E-state index contributed by atoms with van der Waals surface area (Å²) in [6.07, 6.45) is -0.0598. The number of nitrogens with zero attached hydrogens (tertiary/aromatic N) is 1. The van der Waals surface area contributed by atoms with E-state index in [0.29, 0.717) is 5.69 Å². The van der Waals surface area contributed by atoms with Gasteiger partial charge in [-0.2, -0.15) is 0 Å². The molecule has 0 atom stereocenters. The number of hydrogen-bond acceptors (Lipinski definition) is 2. The smallest absolute Gasteiger partial charge is 0.305 e. The summed E-state index contributed by atoms with van der Waals surface area (Å²) in [5.41, 5.74) is 1.34. The second kappa shape index (κ2) is 6.30. The van der Waals surface area contributed by atoms with Crippen molar-refractivity contribution in [3.05, 3.63) is 34.4 Å². The van der Waals surface area contributed by atoms with Crippen LogP contribution in [0.25, 0.3) is 10.9 Å². The Bertz CT molecular complexity index is 679. The minimum Gasteiger partial charge on any atom is -0.481 e. The zero-order chi connectivity index (χ0) is 15.6. The number of rotatable bonds is 5. The van der Waals surface area contributed by atoms with Crippen molar-refractivity contribution < 1.29 is 14.7 Å². The molecule has 21 heavy (non-hydrogen) atoms. The summed E-state index contributed by atoms with van der Waals surface area (Å²) in [6.45, 7) is 3.95. The largest absolute Gasteiger partial charge is 0.481 e. The Morgan fingerprint density at radius 2 is 2.05 bits per heavy atom. The average Bonchev–Trinajstić information content (AvgIpc) is 2.80. The number of nitrogens with one attached hydrogen (secondary N) is 1. The van der Waals surface area contributed by atoms with Crippen LogP contribution < -0.4 is 0 Å². The van der Waals surface area contributed by atoms with Gasteiger partial charge in [0, 0.05) is 28.0 Å².